The molecule has 2 N–H and O–H groups in total. The highest BCUT2D eigenvalue weighted by molar-refractivity contribution is 4.37. The number of nitrogens with two attached hydrogens (primary N) is 1. The fourth-order valence-electron chi connectivity index (χ4n) is 0.763. The van der Waals surface area contributed by atoms with Crippen LogP contribution in [0.5, 0.6) is 0 Å². The first kappa shape index (κ1) is 8.96. The van der Waals surface area contributed by atoms with Gasteiger partial charge in [-0.1, -0.05) is 27.7 Å². The first-order valence-corrected chi connectivity index (χ1v) is 3.94. The smallest absolute Gasteiger partial charge is 0.0778 e. The molecule has 1 nitrogen and oxygen atoms in total. The van der Waals surface area contributed by atoms with Crippen LogP contribution in [0.1, 0.15) is 27.7 Å². The molecule has 0 rings (SSSR count). The molecule has 0 atom stereocenters. The molecule has 56 valence electrons. The van der Waals surface area contributed by atoms with Gasteiger partial charge in [-0.25, -0.2) is 0 Å². The first-order chi connectivity index (χ1) is 4.13. The Morgan fingerprint density at radius 3 is 1.44 bits per heavy atom. The van der Waals surface area contributed by atoms with Crippen LogP contribution in [-0.4, -0.2) is 13.1 Å². The highest BCUT2D eigenvalue weighted by Crippen LogP contribution is 1.84. The molecule has 0 radical (unpaired) electrons. The fraction of sp³-hybridized carbons (Fsp3) is 1.00. The monoisotopic (exact) mass is 130 g/mol. The maximum absolute atomic E-state index is 2.40. The summed E-state index contributed by atoms with van der Waals surface area (Å²) in [7, 11) is 0. The Bertz CT molecular complexity index is 49.6. The molecule has 0 bridgehead atoms. The zero-order valence-electron chi connectivity index (χ0n) is 7.15. The van der Waals surface area contributed by atoms with Crippen LogP contribution in [0.4, 0.5) is 0 Å². The summed E-state index contributed by atoms with van der Waals surface area (Å²) < 4.78 is 0. The van der Waals surface area contributed by atoms with Crippen LogP contribution in [0, 0.1) is 11.8 Å². The third kappa shape index (κ3) is 7.96. The van der Waals surface area contributed by atoms with Crippen molar-refractivity contribution < 1.29 is 5.32 Å². The fourth-order valence-corrected chi connectivity index (χ4v) is 0.763. The van der Waals surface area contributed by atoms with Gasteiger partial charge in [0.05, 0.1) is 13.1 Å². The van der Waals surface area contributed by atoms with E-state index in [0.29, 0.717) is 0 Å². The zero-order valence-corrected chi connectivity index (χ0v) is 7.15. The van der Waals surface area contributed by atoms with E-state index in [0.717, 1.165) is 11.8 Å². The van der Waals surface area contributed by atoms with Crippen LogP contribution in [0.15, 0.2) is 0 Å². The second-order valence-electron chi connectivity index (χ2n) is 3.55. The molecule has 0 aliphatic rings. The summed E-state index contributed by atoms with van der Waals surface area (Å²) in [4.78, 5) is 0. The highest BCUT2D eigenvalue weighted by atomic mass is 14.9. The van der Waals surface area contributed by atoms with Crippen molar-refractivity contribution in [3.05, 3.63) is 0 Å². The van der Waals surface area contributed by atoms with Crippen LogP contribution in [0.3, 0.4) is 0 Å². The predicted molar refractivity (Wildman–Crippen MR) is 41.3 cm³/mol. The minimum absolute atomic E-state index is 0.837. The molecule has 0 aromatic heterocycles. The third-order valence-electron chi connectivity index (χ3n) is 1.28. The Balaban J connectivity index is 2.91. The van der Waals surface area contributed by atoms with Crippen molar-refractivity contribution in [2.24, 2.45) is 11.8 Å². The van der Waals surface area contributed by atoms with Gasteiger partial charge in [-0.05, 0) is 0 Å². The topological polar surface area (TPSA) is 16.6 Å². The molecule has 0 aliphatic carbocycles. The quantitative estimate of drug-likeness (QED) is 0.581. The van der Waals surface area contributed by atoms with E-state index >= 15 is 0 Å². The number of hydrogen-bond acceptors (Lipinski definition) is 0. The molecular weight excluding hydrogens is 110 g/mol. The minimum atomic E-state index is 0.837. The van der Waals surface area contributed by atoms with Crippen LogP contribution in [-0.2, 0) is 0 Å². The molecule has 1 heteroatoms. The number of hydrogen-bond donors (Lipinski definition) is 1. The molecule has 9 heavy (non-hydrogen) atoms. The second kappa shape index (κ2) is 4.80. The van der Waals surface area contributed by atoms with Gasteiger partial charge in [-0.15, -0.1) is 0 Å². The molecule has 0 unspecified atom stereocenters. The van der Waals surface area contributed by atoms with Gasteiger partial charge < -0.3 is 5.32 Å². The molecule has 0 heterocycles. The van der Waals surface area contributed by atoms with Crippen LogP contribution in [0.25, 0.3) is 0 Å². The Morgan fingerprint density at radius 2 is 1.22 bits per heavy atom. The maximum Gasteiger partial charge on any atom is 0.0778 e. The van der Waals surface area contributed by atoms with E-state index in [1.807, 2.05) is 0 Å². The summed E-state index contributed by atoms with van der Waals surface area (Å²) in [5.74, 6) is 1.67. The van der Waals surface area contributed by atoms with E-state index in [9.17, 15) is 0 Å². The lowest BCUT2D eigenvalue weighted by Crippen LogP contribution is -2.86. The molecule has 0 amide bonds. The maximum atomic E-state index is 2.40. The van der Waals surface area contributed by atoms with E-state index in [2.05, 4.69) is 33.0 Å². The Hall–Kier alpha value is -0.0400. The number of rotatable bonds is 4. The Labute approximate surface area is 58.8 Å². The average molecular weight is 130 g/mol. The van der Waals surface area contributed by atoms with Crippen molar-refractivity contribution >= 4 is 0 Å². The van der Waals surface area contributed by atoms with E-state index in [1.54, 1.807) is 0 Å². The molecule has 0 saturated heterocycles. The van der Waals surface area contributed by atoms with Crippen molar-refractivity contribution in [2.45, 2.75) is 27.7 Å². The summed E-state index contributed by atoms with van der Waals surface area (Å²) in [6.07, 6.45) is 0. The van der Waals surface area contributed by atoms with Gasteiger partial charge in [-0.3, -0.25) is 0 Å². The molecule has 0 aliphatic heterocycles. The third-order valence-corrected chi connectivity index (χ3v) is 1.28. The molecule has 0 aromatic carbocycles. The Kier molecular flexibility index (Phi) is 4.78. The van der Waals surface area contributed by atoms with Crippen molar-refractivity contribution in [2.75, 3.05) is 13.1 Å². The summed E-state index contributed by atoms with van der Waals surface area (Å²) in [6.45, 7) is 11.6. The standard InChI is InChI=1S/C8H19N/c1-7(2)5-9-6-8(3)4/h7-9H,5-6H2,1-4H3/p+1. The average Bonchev–Trinajstić information content (AvgIpc) is 1.63. The predicted octanol–water partition coefficient (Wildman–Crippen LogP) is 0.862. The van der Waals surface area contributed by atoms with E-state index in [4.69, 9.17) is 0 Å². The van der Waals surface area contributed by atoms with Crippen molar-refractivity contribution in [1.29, 1.82) is 0 Å². The molecular formula is C8H20N+. The normalized spacial score (nSPS) is 11.3. The van der Waals surface area contributed by atoms with Gasteiger partial charge in [0, 0.05) is 11.8 Å². The van der Waals surface area contributed by atoms with E-state index in [-0.39, 0.29) is 0 Å². The van der Waals surface area contributed by atoms with Gasteiger partial charge in [0.25, 0.3) is 0 Å². The van der Waals surface area contributed by atoms with Crippen LogP contribution >= 0.6 is 0 Å². The lowest BCUT2D eigenvalue weighted by atomic mass is 10.2. The SMILES string of the molecule is CC(C)C[NH2+]CC(C)C. The molecule has 0 aromatic rings. The highest BCUT2D eigenvalue weighted by Gasteiger charge is 1.97. The lowest BCUT2D eigenvalue weighted by Gasteiger charge is -2.05. The number of quaternary nitrogens is 1. The summed E-state index contributed by atoms with van der Waals surface area (Å²) in [5.41, 5.74) is 0. The molecule has 0 saturated carbocycles. The first-order valence-electron chi connectivity index (χ1n) is 3.94. The largest absolute Gasteiger partial charge is 0.346 e. The molecule has 0 spiro atoms. The summed E-state index contributed by atoms with van der Waals surface area (Å²) in [5, 5.41) is 2.40. The molecule has 0 fully saturated rings. The zero-order chi connectivity index (χ0) is 7.28. The van der Waals surface area contributed by atoms with Gasteiger partial charge in [-0.2, -0.15) is 0 Å². The Morgan fingerprint density at radius 1 is 0.889 bits per heavy atom. The van der Waals surface area contributed by atoms with Crippen LogP contribution < -0.4 is 5.32 Å². The van der Waals surface area contributed by atoms with Gasteiger partial charge in [0.15, 0.2) is 0 Å². The van der Waals surface area contributed by atoms with Gasteiger partial charge in [0.1, 0.15) is 0 Å². The summed E-state index contributed by atoms with van der Waals surface area (Å²) >= 11 is 0. The minimum Gasteiger partial charge on any atom is -0.346 e. The summed E-state index contributed by atoms with van der Waals surface area (Å²) in [6, 6.07) is 0. The lowest BCUT2D eigenvalue weighted by molar-refractivity contribution is -0.664. The van der Waals surface area contributed by atoms with Crippen molar-refractivity contribution in [3.8, 4) is 0 Å². The van der Waals surface area contributed by atoms with Gasteiger partial charge in [0.2, 0.25) is 0 Å². The second-order valence-corrected chi connectivity index (χ2v) is 3.55. The van der Waals surface area contributed by atoms with E-state index in [1.165, 1.54) is 13.1 Å². The van der Waals surface area contributed by atoms with Crippen molar-refractivity contribution in [1.82, 2.24) is 0 Å². The van der Waals surface area contributed by atoms with Gasteiger partial charge >= 0.3 is 0 Å². The van der Waals surface area contributed by atoms with E-state index < -0.39 is 0 Å². The van der Waals surface area contributed by atoms with Crippen LogP contribution in [0.2, 0.25) is 0 Å². The van der Waals surface area contributed by atoms with Crippen molar-refractivity contribution in [3.63, 3.8) is 0 Å².